The largest absolute Gasteiger partial charge is 0.393 e. The lowest BCUT2D eigenvalue weighted by Gasteiger charge is -2.14. The number of nitrogens with one attached hydrogen (secondary N) is 1. The summed E-state index contributed by atoms with van der Waals surface area (Å²) in [6, 6.07) is 0. The van der Waals surface area contributed by atoms with Gasteiger partial charge in [-0.05, 0) is 12.5 Å². The third-order valence-corrected chi connectivity index (χ3v) is 1.81. The summed E-state index contributed by atoms with van der Waals surface area (Å²) in [5.74, 6) is 0. The second-order valence-electron chi connectivity index (χ2n) is 2.77. The first-order chi connectivity index (χ1) is 5.33. The molecule has 1 unspecified atom stereocenters. The van der Waals surface area contributed by atoms with Gasteiger partial charge in [0.1, 0.15) is 0 Å². The predicted molar refractivity (Wildman–Crippen MR) is 46.1 cm³/mol. The van der Waals surface area contributed by atoms with Gasteiger partial charge in [0.15, 0.2) is 0 Å². The molecular formula is C9H15NO. The SMILES string of the molecule is CCC(O)CC1=CC=CCN1. The Kier molecular flexibility index (Phi) is 3.17. The van der Waals surface area contributed by atoms with E-state index in [2.05, 4.69) is 11.4 Å². The molecule has 0 aromatic heterocycles. The maximum Gasteiger partial charge on any atom is 0.0592 e. The number of aliphatic hydroxyl groups excluding tert-OH is 1. The van der Waals surface area contributed by atoms with Crippen LogP contribution in [0.1, 0.15) is 19.8 Å². The fourth-order valence-corrected chi connectivity index (χ4v) is 1.04. The van der Waals surface area contributed by atoms with Crippen LogP contribution >= 0.6 is 0 Å². The fourth-order valence-electron chi connectivity index (χ4n) is 1.04. The summed E-state index contributed by atoms with van der Waals surface area (Å²) in [6.45, 7) is 2.88. The average molecular weight is 153 g/mol. The van der Waals surface area contributed by atoms with Crippen LogP contribution in [0.4, 0.5) is 0 Å². The Morgan fingerprint density at radius 2 is 2.55 bits per heavy atom. The first-order valence-corrected chi connectivity index (χ1v) is 4.10. The lowest BCUT2D eigenvalue weighted by Crippen LogP contribution is -2.19. The van der Waals surface area contributed by atoms with Gasteiger partial charge in [-0.3, -0.25) is 0 Å². The van der Waals surface area contributed by atoms with E-state index >= 15 is 0 Å². The molecule has 2 heteroatoms. The molecule has 62 valence electrons. The van der Waals surface area contributed by atoms with Gasteiger partial charge in [0.2, 0.25) is 0 Å². The van der Waals surface area contributed by atoms with Gasteiger partial charge in [-0.2, -0.15) is 0 Å². The number of hydrogen-bond donors (Lipinski definition) is 2. The van der Waals surface area contributed by atoms with Gasteiger partial charge in [0.25, 0.3) is 0 Å². The van der Waals surface area contributed by atoms with Crippen LogP contribution in [-0.4, -0.2) is 17.8 Å². The third-order valence-electron chi connectivity index (χ3n) is 1.81. The summed E-state index contributed by atoms with van der Waals surface area (Å²) in [7, 11) is 0. The van der Waals surface area contributed by atoms with E-state index in [9.17, 15) is 5.11 Å². The second kappa shape index (κ2) is 4.19. The molecule has 0 aromatic rings. The lowest BCUT2D eigenvalue weighted by atomic mass is 10.1. The zero-order valence-corrected chi connectivity index (χ0v) is 6.88. The minimum Gasteiger partial charge on any atom is -0.393 e. The molecule has 0 spiro atoms. The molecule has 0 aromatic carbocycles. The number of aliphatic hydroxyl groups is 1. The van der Waals surface area contributed by atoms with Gasteiger partial charge in [0.05, 0.1) is 6.10 Å². The Morgan fingerprint density at radius 3 is 3.09 bits per heavy atom. The van der Waals surface area contributed by atoms with E-state index in [0.29, 0.717) is 0 Å². The first kappa shape index (κ1) is 8.34. The lowest BCUT2D eigenvalue weighted by molar-refractivity contribution is 0.168. The van der Waals surface area contributed by atoms with Crippen LogP contribution in [0.15, 0.2) is 23.9 Å². The van der Waals surface area contributed by atoms with E-state index in [-0.39, 0.29) is 6.10 Å². The Bertz CT molecular complexity index is 172. The van der Waals surface area contributed by atoms with Crippen molar-refractivity contribution in [2.24, 2.45) is 0 Å². The second-order valence-corrected chi connectivity index (χ2v) is 2.77. The summed E-state index contributed by atoms with van der Waals surface area (Å²) in [5, 5.41) is 12.5. The monoisotopic (exact) mass is 153 g/mol. The molecule has 1 heterocycles. The maximum atomic E-state index is 9.31. The van der Waals surface area contributed by atoms with Crippen molar-refractivity contribution in [3.8, 4) is 0 Å². The van der Waals surface area contributed by atoms with Crippen LogP contribution in [0, 0.1) is 0 Å². The van der Waals surface area contributed by atoms with Crippen LogP contribution in [0.3, 0.4) is 0 Å². The molecule has 0 saturated heterocycles. The molecule has 0 saturated carbocycles. The summed E-state index contributed by atoms with van der Waals surface area (Å²) >= 11 is 0. The fraction of sp³-hybridized carbons (Fsp3) is 0.556. The quantitative estimate of drug-likeness (QED) is 0.638. The summed E-state index contributed by atoms with van der Waals surface area (Å²) in [6.07, 6.45) is 7.47. The minimum atomic E-state index is -0.194. The number of hydrogen-bond acceptors (Lipinski definition) is 2. The number of dihydropyridines is 1. The highest BCUT2D eigenvalue weighted by molar-refractivity contribution is 5.17. The van der Waals surface area contributed by atoms with Gasteiger partial charge in [-0.1, -0.05) is 19.1 Å². The van der Waals surface area contributed by atoms with Crippen molar-refractivity contribution in [2.75, 3.05) is 6.54 Å². The molecule has 0 aliphatic carbocycles. The van der Waals surface area contributed by atoms with Crippen molar-refractivity contribution in [1.29, 1.82) is 0 Å². The van der Waals surface area contributed by atoms with E-state index in [4.69, 9.17) is 0 Å². The van der Waals surface area contributed by atoms with E-state index in [1.54, 1.807) is 0 Å². The molecular weight excluding hydrogens is 138 g/mol. The van der Waals surface area contributed by atoms with Crippen LogP contribution in [0.25, 0.3) is 0 Å². The van der Waals surface area contributed by atoms with Crippen molar-refractivity contribution in [3.63, 3.8) is 0 Å². The number of rotatable bonds is 3. The van der Waals surface area contributed by atoms with Crippen molar-refractivity contribution < 1.29 is 5.11 Å². The first-order valence-electron chi connectivity index (χ1n) is 4.10. The van der Waals surface area contributed by atoms with Crippen LogP contribution in [-0.2, 0) is 0 Å². The smallest absolute Gasteiger partial charge is 0.0592 e. The molecule has 2 nitrogen and oxygen atoms in total. The molecule has 1 rings (SSSR count). The Labute approximate surface area is 67.6 Å². The molecule has 2 N–H and O–H groups in total. The highest BCUT2D eigenvalue weighted by Crippen LogP contribution is 2.07. The van der Waals surface area contributed by atoms with Gasteiger partial charge in [0, 0.05) is 18.7 Å². The van der Waals surface area contributed by atoms with E-state index in [1.807, 2.05) is 19.1 Å². The Hall–Kier alpha value is -0.760. The van der Waals surface area contributed by atoms with Gasteiger partial charge >= 0.3 is 0 Å². The third kappa shape index (κ3) is 2.76. The van der Waals surface area contributed by atoms with Crippen molar-refractivity contribution in [2.45, 2.75) is 25.9 Å². The molecule has 0 amide bonds. The van der Waals surface area contributed by atoms with Crippen molar-refractivity contribution in [1.82, 2.24) is 5.32 Å². The van der Waals surface area contributed by atoms with E-state index in [0.717, 1.165) is 25.1 Å². The Balaban J connectivity index is 2.35. The molecule has 0 bridgehead atoms. The molecule has 0 fully saturated rings. The average Bonchev–Trinajstić information content (AvgIpc) is 2.06. The summed E-state index contributed by atoms with van der Waals surface area (Å²) in [4.78, 5) is 0. The minimum absolute atomic E-state index is 0.194. The van der Waals surface area contributed by atoms with Crippen molar-refractivity contribution in [3.05, 3.63) is 23.9 Å². The molecule has 1 aliphatic heterocycles. The highest BCUT2D eigenvalue weighted by atomic mass is 16.3. The zero-order chi connectivity index (χ0) is 8.10. The van der Waals surface area contributed by atoms with Gasteiger partial charge in [-0.15, -0.1) is 0 Å². The Morgan fingerprint density at radius 1 is 1.73 bits per heavy atom. The highest BCUT2D eigenvalue weighted by Gasteiger charge is 2.04. The molecule has 1 aliphatic rings. The zero-order valence-electron chi connectivity index (χ0n) is 6.88. The van der Waals surface area contributed by atoms with Crippen LogP contribution in [0.5, 0.6) is 0 Å². The predicted octanol–water partition coefficient (Wildman–Crippen LogP) is 1.19. The van der Waals surface area contributed by atoms with Gasteiger partial charge < -0.3 is 10.4 Å². The van der Waals surface area contributed by atoms with Gasteiger partial charge in [-0.25, -0.2) is 0 Å². The topological polar surface area (TPSA) is 32.3 Å². The normalized spacial score (nSPS) is 18.9. The van der Waals surface area contributed by atoms with E-state index in [1.165, 1.54) is 0 Å². The van der Waals surface area contributed by atoms with Crippen LogP contribution in [0.2, 0.25) is 0 Å². The summed E-state index contributed by atoms with van der Waals surface area (Å²) < 4.78 is 0. The maximum absolute atomic E-state index is 9.31. The molecule has 0 radical (unpaired) electrons. The van der Waals surface area contributed by atoms with Crippen molar-refractivity contribution >= 4 is 0 Å². The molecule has 11 heavy (non-hydrogen) atoms. The molecule has 1 atom stereocenters. The standard InChI is InChI=1S/C9H15NO/c1-2-9(11)7-8-5-3-4-6-10-8/h3-5,9-11H,2,6-7H2,1H3. The van der Waals surface area contributed by atoms with Crippen LogP contribution < -0.4 is 5.32 Å². The summed E-state index contributed by atoms with van der Waals surface area (Å²) in [5.41, 5.74) is 1.14. The number of allylic oxidation sites excluding steroid dienone is 2. The van der Waals surface area contributed by atoms with E-state index < -0.39 is 0 Å².